The maximum absolute atomic E-state index is 13.1. The van der Waals surface area contributed by atoms with E-state index < -0.39 is 18.2 Å². The van der Waals surface area contributed by atoms with Crippen molar-refractivity contribution in [2.45, 2.75) is 18.2 Å². The molecule has 0 spiro atoms. The summed E-state index contributed by atoms with van der Waals surface area (Å²) in [6, 6.07) is 15.3. The van der Waals surface area contributed by atoms with Gasteiger partial charge in [-0.1, -0.05) is 30.3 Å². The van der Waals surface area contributed by atoms with Gasteiger partial charge in [0, 0.05) is 5.56 Å². The zero-order chi connectivity index (χ0) is 17.2. The number of alkyl halides is 3. The van der Waals surface area contributed by atoms with Crippen LogP contribution in [0.4, 0.5) is 13.2 Å². The molecule has 24 heavy (non-hydrogen) atoms. The average Bonchev–Trinajstić information content (AvgIpc) is 2.99. The molecule has 0 N–H and O–H groups in total. The molecule has 0 amide bonds. The lowest BCUT2D eigenvalue weighted by Crippen LogP contribution is -2.36. The van der Waals surface area contributed by atoms with Gasteiger partial charge in [0.05, 0.1) is 20.1 Å². The van der Waals surface area contributed by atoms with E-state index in [4.69, 9.17) is 9.47 Å². The van der Waals surface area contributed by atoms with Gasteiger partial charge in [-0.05, 0) is 29.8 Å². The van der Waals surface area contributed by atoms with Gasteiger partial charge in [0.1, 0.15) is 5.75 Å². The minimum atomic E-state index is -4.36. The van der Waals surface area contributed by atoms with E-state index >= 15 is 0 Å². The van der Waals surface area contributed by atoms with Gasteiger partial charge in [0.25, 0.3) is 0 Å². The number of methoxy groups -OCH3 is 1. The van der Waals surface area contributed by atoms with Crippen molar-refractivity contribution in [3.05, 3.63) is 65.7 Å². The molecule has 0 saturated heterocycles. The first-order valence-electron chi connectivity index (χ1n) is 7.42. The fraction of sp³-hybridized carbons (Fsp3) is 0.278. The largest absolute Gasteiger partial charge is 0.497 e. The summed E-state index contributed by atoms with van der Waals surface area (Å²) in [7, 11) is 1.54. The molecule has 1 heterocycles. The smallest absolute Gasteiger partial charge is 0.393 e. The molecule has 1 atom stereocenters. The van der Waals surface area contributed by atoms with E-state index in [1.165, 1.54) is 0 Å². The molecule has 3 rings (SSSR count). The summed E-state index contributed by atoms with van der Waals surface area (Å²) in [4.78, 5) is 4.23. The van der Waals surface area contributed by atoms with Crippen LogP contribution in [-0.4, -0.2) is 25.7 Å². The quantitative estimate of drug-likeness (QED) is 0.833. The minimum absolute atomic E-state index is 0.0715. The number of benzene rings is 2. The Labute approximate surface area is 137 Å². The van der Waals surface area contributed by atoms with Crippen LogP contribution < -0.4 is 4.74 Å². The molecule has 1 aliphatic heterocycles. The summed E-state index contributed by atoms with van der Waals surface area (Å²) < 4.78 is 50.2. The van der Waals surface area contributed by atoms with Crippen LogP contribution in [0.25, 0.3) is 0 Å². The van der Waals surface area contributed by atoms with E-state index in [9.17, 15) is 13.2 Å². The van der Waals surface area contributed by atoms with Crippen molar-refractivity contribution in [2.75, 3.05) is 13.7 Å². The summed E-state index contributed by atoms with van der Waals surface area (Å²) in [5.41, 5.74) is -0.431. The lowest BCUT2D eigenvalue weighted by molar-refractivity contribution is -0.170. The number of ether oxygens (including phenoxy) is 2. The van der Waals surface area contributed by atoms with Crippen LogP contribution in [0.2, 0.25) is 0 Å². The first-order valence-corrected chi connectivity index (χ1v) is 7.42. The third-order valence-corrected chi connectivity index (χ3v) is 3.89. The molecule has 0 saturated carbocycles. The van der Waals surface area contributed by atoms with Crippen molar-refractivity contribution in [2.24, 2.45) is 4.99 Å². The van der Waals surface area contributed by atoms with Gasteiger partial charge < -0.3 is 9.47 Å². The molecule has 1 aliphatic rings. The van der Waals surface area contributed by atoms with Gasteiger partial charge in [-0.15, -0.1) is 0 Å². The van der Waals surface area contributed by atoms with Crippen LogP contribution in [0.15, 0.2) is 59.6 Å². The van der Waals surface area contributed by atoms with Crippen molar-refractivity contribution in [3.8, 4) is 5.75 Å². The molecule has 0 aromatic heterocycles. The summed E-state index contributed by atoms with van der Waals surface area (Å²) in [5, 5.41) is 0. The molecule has 126 valence electrons. The van der Waals surface area contributed by atoms with Crippen molar-refractivity contribution in [1.29, 1.82) is 0 Å². The lowest BCUT2D eigenvalue weighted by Gasteiger charge is -2.30. The number of nitrogens with zero attached hydrogens (tertiary/aromatic N) is 1. The fourth-order valence-electron chi connectivity index (χ4n) is 2.74. The number of aliphatic imine (C=N–C) groups is 1. The summed E-state index contributed by atoms with van der Waals surface area (Å²) in [6.45, 7) is -0.0715. The van der Waals surface area contributed by atoms with Crippen molar-refractivity contribution < 1.29 is 22.6 Å². The molecule has 0 fully saturated rings. The highest BCUT2D eigenvalue weighted by molar-refractivity contribution is 5.95. The second kappa shape index (κ2) is 6.19. The Kier molecular flexibility index (Phi) is 4.22. The summed E-state index contributed by atoms with van der Waals surface area (Å²) in [6.07, 6.45) is -5.45. The topological polar surface area (TPSA) is 30.8 Å². The predicted molar refractivity (Wildman–Crippen MR) is 84.3 cm³/mol. The summed E-state index contributed by atoms with van der Waals surface area (Å²) in [5.74, 6) is 0.868. The molecule has 3 nitrogen and oxygen atoms in total. The van der Waals surface area contributed by atoms with Gasteiger partial charge in [0.2, 0.25) is 5.90 Å². The molecule has 2 aromatic carbocycles. The monoisotopic (exact) mass is 335 g/mol. The molecule has 0 aliphatic carbocycles. The van der Waals surface area contributed by atoms with E-state index in [-0.39, 0.29) is 12.4 Å². The third kappa shape index (κ3) is 3.37. The highest BCUT2D eigenvalue weighted by Gasteiger charge is 2.48. The number of hydrogen-bond donors (Lipinski definition) is 0. The second-order valence-electron chi connectivity index (χ2n) is 5.60. The van der Waals surface area contributed by atoms with Crippen molar-refractivity contribution in [1.82, 2.24) is 0 Å². The molecule has 6 heteroatoms. The SMILES string of the molecule is COc1ccc(C2=NCC(CC(F)(F)F)(c3ccccc3)O2)cc1. The van der Waals surface area contributed by atoms with Gasteiger partial charge in [-0.2, -0.15) is 13.2 Å². The first kappa shape index (κ1) is 16.4. The van der Waals surface area contributed by atoms with Crippen LogP contribution in [-0.2, 0) is 10.3 Å². The predicted octanol–water partition coefficient (Wildman–Crippen LogP) is 4.32. The Hall–Kier alpha value is -2.50. The maximum Gasteiger partial charge on any atom is 0.393 e. The molecule has 0 radical (unpaired) electrons. The second-order valence-corrected chi connectivity index (χ2v) is 5.60. The Bertz CT molecular complexity index is 726. The normalized spacial score (nSPS) is 20.4. The third-order valence-electron chi connectivity index (χ3n) is 3.89. The van der Waals surface area contributed by atoms with E-state index in [1.54, 1.807) is 61.7 Å². The zero-order valence-corrected chi connectivity index (χ0v) is 13.0. The lowest BCUT2D eigenvalue weighted by atomic mass is 9.90. The number of hydrogen-bond acceptors (Lipinski definition) is 3. The van der Waals surface area contributed by atoms with Gasteiger partial charge in [-0.25, -0.2) is 4.99 Å². The van der Waals surface area contributed by atoms with Crippen LogP contribution >= 0.6 is 0 Å². The number of halogens is 3. The van der Waals surface area contributed by atoms with Crippen LogP contribution in [0.1, 0.15) is 17.5 Å². The van der Waals surface area contributed by atoms with E-state index in [2.05, 4.69) is 4.99 Å². The van der Waals surface area contributed by atoms with Gasteiger partial charge >= 0.3 is 6.18 Å². The highest BCUT2D eigenvalue weighted by atomic mass is 19.4. The first-order chi connectivity index (χ1) is 11.4. The fourth-order valence-corrected chi connectivity index (χ4v) is 2.74. The van der Waals surface area contributed by atoms with Crippen LogP contribution in [0, 0.1) is 0 Å². The Balaban J connectivity index is 1.90. The van der Waals surface area contributed by atoms with E-state index in [1.807, 2.05) is 0 Å². The van der Waals surface area contributed by atoms with Gasteiger partial charge in [0.15, 0.2) is 5.60 Å². The van der Waals surface area contributed by atoms with E-state index in [0.29, 0.717) is 16.9 Å². The van der Waals surface area contributed by atoms with E-state index in [0.717, 1.165) is 0 Å². The molecule has 0 bridgehead atoms. The zero-order valence-electron chi connectivity index (χ0n) is 13.0. The van der Waals surface area contributed by atoms with Crippen LogP contribution in [0.5, 0.6) is 5.75 Å². The molecular formula is C18H16F3NO2. The maximum atomic E-state index is 13.1. The Morgan fingerprint density at radius 1 is 1.08 bits per heavy atom. The molecular weight excluding hydrogens is 319 g/mol. The highest BCUT2D eigenvalue weighted by Crippen LogP contribution is 2.41. The molecule has 1 unspecified atom stereocenters. The van der Waals surface area contributed by atoms with Crippen molar-refractivity contribution >= 4 is 5.90 Å². The van der Waals surface area contributed by atoms with Crippen LogP contribution in [0.3, 0.4) is 0 Å². The molecule has 2 aromatic rings. The number of rotatable bonds is 4. The van der Waals surface area contributed by atoms with Crippen molar-refractivity contribution in [3.63, 3.8) is 0 Å². The van der Waals surface area contributed by atoms with Gasteiger partial charge in [-0.3, -0.25) is 0 Å². The standard InChI is InChI=1S/C18H16F3NO2/c1-23-15-9-7-13(8-10-15)16-22-12-17(24-16,11-18(19,20)21)14-5-3-2-4-6-14/h2-10H,11-12H2,1H3. The Morgan fingerprint density at radius 2 is 1.75 bits per heavy atom. The Morgan fingerprint density at radius 3 is 2.33 bits per heavy atom. The average molecular weight is 335 g/mol. The minimum Gasteiger partial charge on any atom is -0.497 e. The summed E-state index contributed by atoms with van der Waals surface area (Å²) >= 11 is 0.